The van der Waals surface area contributed by atoms with E-state index >= 15 is 0 Å². The number of hydrogen-bond donors (Lipinski definition) is 2. The van der Waals surface area contributed by atoms with E-state index in [4.69, 9.17) is 14.2 Å². The quantitative estimate of drug-likeness (QED) is 0.555. The van der Waals surface area contributed by atoms with Gasteiger partial charge in [0, 0.05) is 22.3 Å². The van der Waals surface area contributed by atoms with Crippen LogP contribution in [0.2, 0.25) is 0 Å². The number of ether oxygens (including phenoxy) is 3. The summed E-state index contributed by atoms with van der Waals surface area (Å²) in [6, 6.07) is 12.7. The third-order valence-electron chi connectivity index (χ3n) is 4.43. The van der Waals surface area contributed by atoms with Crippen molar-refractivity contribution in [2.75, 3.05) is 25.3 Å². The second-order valence-electron chi connectivity index (χ2n) is 6.48. The van der Waals surface area contributed by atoms with Crippen LogP contribution in [0.5, 0.6) is 11.5 Å². The maximum Gasteiger partial charge on any atom is 0.258 e. The average Bonchev–Trinajstić information content (AvgIpc) is 3.37. The molecule has 0 spiro atoms. The first kappa shape index (κ1) is 18.8. The number of hydrogen-bond acceptors (Lipinski definition) is 5. The molecule has 0 radical (unpaired) electrons. The molecule has 1 amide bonds. The largest absolute Gasteiger partial charge is 0.454 e. The van der Waals surface area contributed by atoms with E-state index in [1.165, 1.54) is 0 Å². The van der Waals surface area contributed by atoms with Crippen LogP contribution in [0, 0.1) is 0 Å². The fourth-order valence-corrected chi connectivity index (χ4v) is 3.41. The third-order valence-corrected chi connectivity index (χ3v) is 4.92. The van der Waals surface area contributed by atoms with Crippen molar-refractivity contribution in [2.45, 2.75) is 18.9 Å². The molecule has 2 aromatic rings. The normalized spacial score (nSPS) is 18.2. The monoisotopic (exact) mass is 445 g/mol. The van der Waals surface area contributed by atoms with Crippen LogP contribution in [-0.2, 0) is 4.74 Å². The topological polar surface area (TPSA) is 81.2 Å². The Morgan fingerprint density at radius 3 is 2.89 bits per heavy atom. The molecule has 0 saturated carbocycles. The van der Waals surface area contributed by atoms with Gasteiger partial charge in [-0.3, -0.25) is 10.1 Å². The molecule has 0 bridgehead atoms. The lowest BCUT2D eigenvalue weighted by atomic mass is 10.2. The maximum absolute atomic E-state index is 12.7. The molecular formula is C20H20BrN3O4. The number of benzene rings is 2. The van der Waals surface area contributed by atoms with E-state index < -0.39 is 0 Å². The molecule has 7 nitrogen and oxygen atoms in total. The Balaban J connectivity index is 1.50. The van der Waals surface area contributed by atoms with Crippen molar-refractivity contribution >= 4 is 33.5 Å². The molecule has 1 saturated heterocycles. The number of anilines is 1. The van der Waals surface area contributed by atoms with Crippen LogP contribution in [0.25, 0.3) is 0 Å². The number of guanidine groups is 1. The van der Waals surface area contributed by atoms with Gasteiger partial charge in [0.1, 0.15) is 0 Å². The van der Waals surface area contributed by atoms with Gasteiger partial charge in [-0.05, 0) is 49.2 Å². The van der Waals surface area contributed by atoms with Crippen LogP contribution in [0.3, 0.4) is 0 Å². The van der Waals surface area contributed by atoms with Crippen molar-refractivity contribution < 1.29 is 19.0 Å². The second kappa shape index (κ2) is 8.62. The zero-order valence-corrected chi connectivity index (χ0v) is 16.7. The number of aliphatic imine (C=N–C) groups is 1. The minimum Gasteiger partial charge on any atom is -0.454 e. The number of halogens is 1. The minimum absolute atomic E-state index is 0.0850. The third kappa shape index (κ3) is 4.63. The van der Waals surface area contributed by atoms with Crippen LogP contribution >= 0.6 is 15.9 Å². The summed E-state index contributed by atoms with van der Waals surface area (Å²) in [5.74, 6) is 1.28. The van der Waals surface area contributed by atoms with Gasteiger partial charge in [0.25, 0.3) is 5.91 Å². The summed E-state index contributed by atoms with van der Waals surface area (Å²) in [5.41, 5.74) is 1.27. The molecule has 1 atom stereocenters. The van der Waals surface area contributed by atoms with Crippen molar-refractivity contribution in [2.24, 2.45) is 4.99 Å². The van der Waals surface area contributed by atoms with E-state index in [2.05, 4.69) is 31.6 Å². The van der Waals surface area contributed by atoms with E-state index in [1.54, 1.807) is 18.2 Å². The van der Waals surface area contributed by atoms with Crippen LogP contribution in [0.15, 0.2) is 51.9 Å². The Morgan fingerprint density at radius 2 is 2.07 bits per heavy atom. The number of nitrogens with zero attached hydrogens (tertiary/aromatic N) is 1. The van der Waals surface area contributed by atoms with Crippen LogP contribution in [-0.4, -0.2) is 37.9 Å². The molecule has 2 aliphatic rings. The summed E-state index contributed by atoms with van der Waals surface area (Å²) >= 11 is 3.45. The second-order valence-corrected chi connectivity index (χ2v) is 7.40. The number of nitrogens with one attached hydrogen (secondary N) is 2. The van der Waals surface area contributed by atoms with Crippen LogP contribution in [0.4, 0.5) is 5.69 Å². The van der Waals surface area contributed by atoms with Crippen molar-refractivity contribution in [3.8, 4) is 11.5 Å². The lowest BCUT2D eigenvalue weighted by molar-refractivity contribution is 0.0975. The molecule has 2 aliphatic heterocycles. The van der Waals surface area contributed by atoms with Crippen molar-refractivity contribution in [3.05, 3.63) is 52.5 Å². The molecule has 0 aliphatic carbocycles. The SMILES string of the molecule is O=C(NC(=NC[C@@H]1CCCO1)Nc1cccc(Br)c1)c1ccc2c(c1)OCO2. The zero-order chi connectivity index (χ0) is 19.3. The summed E-state index contributed by atoms with van der Waals surface area (Å²) in [6.45, 7) is 1.41. The van der Waals surface area contributed by atoms with Crippen LogP contribution in [0.1, 0.15) is 23.2 Å². The molecule has 146 valence electrons. The first-order valence-electron chi connectivity index (χ1n) is 9.07. The highest BCUT2D eigenvalue weighted by atomic mass is 79.9. The fraction of sp³-hybridized carbons (Fsp3) is 0.300. The molecule has 2 aromatic carbocycles. The van der Waals surface area contributed by atoms with Gasteiger partial charge in [0.05, 0.1) is 12.6 Å². The van der Waals surface area contributed by atoms with Crippen molar-refractivity contribution in [1.82, 2.24) is 5.32 Å². The van der Waals surface area contributed by atoms with Gasteiger partial charge in [-0.25, -0.2) is 4.99 Å². The van der Waals surface area contributed by atoms with Crippen LogP contribution < -0.4 is 20.1 Å². The summed E-state index contributed by atoms with van der Waals surface area (Å²) < 4.78 is 17.2. The summed E-state index contributed by atoms with van der Waals surface area (Å²) in [7, 11) is 0. The molecule has 8 heteroatoms. The van der Waals surface area contributed by atoms with Crippen molar-refractivity contribution in [3.63, 3.8) is 0 Å². The summed E-state index contributed by atoms with van der Waals surface area (Å²) in [6.07, 6.45) is 2.10. The summed E-state index contributed by atoms with van der Waals surface area (Å²) in [4.78, 5) is 17.3. The minimum atomic E-state index is -0.285. The number of carbonyl (C=O) groups excluding carboxylic acids is 1. The Kier molecular flexibility index (Phi) is 5.78. The Morgan fingerprint density at radius 1 is 1.18 bits per heavy atom. The average molecular weight is 446 g/mol. The molecule has 2 heterocycles. The van der Waals surface area contributed by atoms with Gasteiger partial charge in [-0.2, -0.15) is 0 Å². The standard InChI is InChI=1S/C20H20BrN3O4/c21-14-3-1-4-15(10-14)23-20(22-11-16-5-2-8-26-16)24-19(25)13-6-7-17-18(9-13)28-12-27-17/h1,3-4,6-7,9-10,16H,2,5,8,11-12H2,(H2,22,23,24,25)/t16-/m0/s1. The van der Waals surface area contributed by atoms with E-state index in [9.17, 15) is 4.79 Å². The predicted octanol–water partition coefficient (Wildman–Crippen LogP) is 3.55. The van der Waals surface area contributed by atoms with Crippen molar-refractivity contribution in [1.29, 1.82) is 0 Å². The molecule has 1 fully saturated rings. The molecule has 2 N–H and O–H groups in total. The molecule has 0 aromatic heterocycles. The fourth-order valence-electron chi connectivity index (χ4n) is 3.01. The predicted molar refractivity (Wildman–Crippen MR) is 109 cm³/mol. The number of carbonyl (C=O) groups is 1. The highest BCUT2D eigenvalue weighted by Gasteiger charge is 2.18. The highest BCUT2D eigenvalue weighted by Crippen LogP contribution is 2.32. The lowest BCUT2D eigenvalue weighted by Crippen LogP contribution is -2.36. The van der Waals surface area contributed by atoms with E-state index in [0.717, 1.165) is 29.6 Å². The summed E-state index contributed by atoms with van der Waals surface area (Å²) in [5, 5.41) is 6.02. The molecule has 4 rings (SSSR count). The molecular weight excluding hydrogens is 426 g/mol. The van der Waals surface area contributed by atoms with Gasteiger partial charge in [-0.15, -0.1) is 0 Å². The Labute approximate surface area is 171 Å². The molecule has 0 unspecified atom stereocenters. The van der Waals surface area contributed by atoms with Gasteiger partial charge in [-0.1, -0.05) is 22.0 Å². The van der Waals surface area contributed by atoms with Gasteiger partial charge in [0.15, 0.2) is 11.5 Å². The van der Waals surface area contributed by atoms with Gasteiger partial charge in [0.2, 0.25) is 12.8 Å². The van der Waals surface area contributed by atoms with Gasteiger partial charge < -0.3 is 19.5 Å². The first-order valence-corrected chi connectivity index (χ1v) is 9.86. The first-order chi connectivity index (χ1) is 13.7. The Bertz CT molecular complexity index is 897. The van der Waals surface area contributed by atoms with E-state index in [0.29, 0.717) is 29.6 Å². The highest BCUT2D eigenvalue weighted by molar-refractivity contribution is 9.10. The number of rotatable bonds is 4. The number of fused-ring (bicyclic) bond motifs is 1. The zero-order valence-electron chi connectivity index (χ0n) is 15.1. The van der Waals surface area contributed by atoms with E-state index in [1.807, 2.05) is 24.3 Å². The Hall–Kier alpha value is -2.58. The number of amides is 1. The maximum atomic E-state index is 12.7. The smallest absolute Gasteiger partial charge is 0.258 e. The lowest BCUT2D eigenvalue weighted by Gasteiger charge is -2.14. The molecule has 28 heavy (non-hydrogen) atoms. The van der Waals surface area contributed by atoms with Gasteiger partial charge >= 0.3 is 0 Å². The van der Waals surface area contributed by atoms with E-state index in [-0.39, 0.29) is 18.8 Å².